The first-order valence-corrected chi connectivity index (χ1v) is 7.39. The lowest BCUT2D eigenvalue weighted by molar-refractivity contribution is 0.0952. The molecule has 0 spiro atoms. The van der Waals surface area contributed by atoms with Crippen LogP contribution in [-0.2, 0) is 0 Å². The fraction of sp³-hybridized carbons (Fsp3) is 0.438. The highest BCUT2D eigenvalue weighted by Crippen LogP contribution is 2.18. The average molecular weight is 271 g/mol. The first kappa shape index (κ1) is 13.2. The zero-order chi connectivity index (χ0) is 13.8. The van der Waals surface area contributed by atoms with E-state index in [1.165, 1.54) is 12.8 Å². The SMILES string of the molecule is O=C(NCCC1CCCNC1)c1c[nH]c2ccccc12. The molecule has 0 aliphatic carbocycles. The van der Waals surface area contributed by atoms with Gasteiger partial charge in [0.05, 0.1) is 5.56 Å². The maximum absolute atomic E-state index is 12.2. The first-order valence-electron chi connectivity index (χ1n) is 7.39. The Balaban J connectivity index is 1.56. The summed E-state index contributed by atoms with van der Waals surface area (Å²) in [6.07, 6.45) is 5.38. The van der Waals surface area contributed by atoms with Gasteiger partial charge in [-0.1, -0.05) is 18.2 Å². The van der Waals surface area contributed by atoms with E-state index in [1.54, 1.807) is 6.20 Å². The van der Waals surface area contributed by atoms with Gasteiger partial charge >= 0.3 is 0 Å². The molecule has 0 radical (unpaired) electrons. The molecule has 1 amide bonds. The van der Waals surface area contributed by atoms with E-state index >= 15 is 0 Å². The van der Waals surface area contributed by atoms with Gasteiger partial charge in [-0.2, -0.15) is 0 Å². The minimum Gasteiger partial charge on any atom is -0.360 e. The second kappa shape index (κ2) is 6.09. The Bertz CT molecular complexity index is 584. The zero-order valence-corrected chi connectivity index (χ0v) is 11.6. The lowest BCUT2D eigenvalue weighted by Crippen LogP contribution is -2.33. The van der Waals surface area contributed by atoms with E-state index in [2.05, 4.69) is 15.6 Å². The maximum atomic E-state index is 12.2. The van der Waals surface area contributed by atoms with Gasteiger partial charge in [0.15, 0.2) is 0 Å². The van der Waals surface area contributed by atoms with Crippen LogP contribution in [0.2, 0.25) is 0 Å². The fourth-order valence-electron chi connectivity index (χ4n) is 2.91. The number of aromatic amines is 1. The normalized spacial score (nSPS) is 19.1. The number of hydrogen-bond donors (Lipinski definition) is 3. The number of carbonyl (C=O) groups excluding carboxylic acids is 1. The van der Waals surface area contributed by atoms with Crippen LogP contribution < -0.4 is 10.6 Å². The van der Waals surface area contributed by atoms with Gasteiger partial charge in [-0.15, -0.1) is 0 Å². The molecule has 4 nitrogen and oxygen atoms in total. The van der Waals surface area contributed by atoms with E-state index in [-0.39, 0.29) is 5.91 Å². The number of rotatable bonds is 4. The van der Waals surface area contributed by atoms with Crippen molar-refractivity contribution in [2.45, 2.75) is 19.3 Å². The van der Waals surface area contributed by atoms with Crippen LogP contribution >= 0.6 is 0 Å². The Labute approximate surface area is 118 Å². The molecule has 1 aromatic heterocycles. The smallest absolute Gasteiger partial charge is 0.253 e. The molecule has 1 atom stereocenters. The zero-order valence-electron chi connectivity index (χ0n) is 11.6. The lowest BCUT2D eigenvalue weighted by Gasteiger charge is -2.22. The molecule has 0 saturated carbocycles. The van der Waals surface area contributed by atoms with Crippen molar-refractivity contribution in [1.82, 2.24) is 15.6 Å². The van der Waals surface area contributed by atoms with Crippen LogP contribution in [0, 0.1) is 5.92 Å². The molecular weight excluding hydrogens is 250 g/mol. The Hall–Kier alpha value is -1.81. The molecule has 1 aromatic carbocycles. The van der Waals surface area contributed by atoms with Crippen molar-refractivity contribution in [3.05, 3.63) is 36.0 Å². The van der Waals surface area contributed by atoms with Crippen molar-refractivity contribution >= 4 is 16.8 Å². The Kier molecular flexibility index (Phi) is 4.02. The summed E-state index contributed by atoms with van der Waals surface area (Å²) in [7, 11) is 0. The summed E-state index contributed by atoms with van der Waals surface area (Å²) in [6, 6.07) is 7.89. The maximum Gasteiger partial charge on any atom is 0.253 e. The minimum absolute atomic E-state index is 0.0196. The third kappa shape index (κ3) is 2.85. The van der Waals surface area contributed by atoms with E-state index in [9.17, 15) is 4.79 Å². The standard InChI is InChI=1S/C16H21N3O/c20-16(18-9-7-12-4-3-8-17-10-12)14-11-19-15-6-2-1-5-13(14)15/h1-2,5-6,11-12,17,19H,3-4,7-10H2,(H,18,20). The number of piperidine rings is 1. The molecule has 1 aliphatic rings. The number of nitrogens with one attached hydrogen (secondary N) is 3. The molecule has 3 N–H and O–H groups in total. The van der Waals surface area contributed by atoms with Crippen LogP contribution in [0.5, 0.6) is 0 Å². The van der Waals surface area contributed by atoms with Crippen molar-refractivity contribution in [3.8, 4) is 0 Å². The number of benzene rings is 1. The predicted molar refractivity (Wildman–Crippen MR) is 80.8 cm³/mol. The van der Waals surface area contributed by atoms with Crippen LogP contribution in [0.15, 0.2) is 30.5 Å². The van der Waals surface area contributed by atoms with Gasteiger partial charge in [0.1, 0.15) is 0 Å². The van der Waals surface area contributed by atoms with E-state index in [0.717, 1.165) is 42.5 Å². The van der Waals surface area contributed by atoms with Crippen LogP contribution in [-0.4, -0.2) is 30.5 Å². The Morgan fingerprint density at radius 1 is 1.35 bits per heavy atom. The molecule has 3 rings (SSSR count). The van der Waals surface area contributed by atoms with E-state index < -0.39 is 0 Å². The monoisotopic (exact) mass is 271 g/mol. The summed E-state index contributed by atoms with van der Waals surface area (Å²) in [5.41, 5.74) is 1.75. The van der Waals surface area contributed by atoms with Crippen LogP contribution in [0.25, 0.3) is 10.9 Å². The molecule has 1 aliphatic heterocycles. The Morgan fingerprint density at radius 2 is 2.25 bits per heavy atom. The molecule has 1 fully saturated rings. The summed E-state index contributed by atoms with van der Waals surface area (Å²) < 4.78 is 0. The average Bonchev–Trinajstić information content (AvgIpc) is 2.92. The minimum atomic E-state index is 0.0196. The van der Waals surface area contributed by atoms with E-state index in [0.29, 0.717) is 5.92 Å². The van der Waals surface area contributed by atoms with Crippen molar-refractivity contribution in [2.24, 2.45) is 5.92 Å². The number of fused-ring (bicyclic) bond motifs is 1. The van der Waals surface area contributed by atoms with E-state index in [1.807, 2.05) is 24.3 Å². The van der Waals surface area contributed by atoms with Gasteiger partial charge in [0.2, 0.25) is 0 Å². The summed E-state index contributed by atoms with van der Waals surface area (Å²) >= 11 is 0. The highest BCUT2D eigenvalue weighted by atomic mass is 16.1. The topological polar surface area (TPSA) is 56.9 Å². The molecule has 2 aromatic rings. The van der Waals surface area contributed by atoms with Gasteiger partial charge in [0, 0.05) is 23.6 Å². The second-order valence-corrected chi connectivity index (χ2v) is 5.50. The van der Waals surface area contributed by atoms with Crippen molar-refractivity contribution < 1.29 is 4.79 Å². The van der Waals surface area contributed by atoms with Gasteiger partial charge < -0.3 is 15.6 Å². The molecule has 20 heavy (non-hydrogen) atoms. The lowest BCUT2D eigenvalue weighted by atomic mass is 9.96. The molecule has 1 unspecified atom stereocenters. The van der Waals surface area contributed by atoms with Gasteiger partial charge in [-0.05, 0) is 44.3 Å². The molecule has 4 heteroatoms. The number of aromatic nitrogens is 1. The summed E-state index contributed by atoms with van der Waals surface area (Å²) in [4.78, 5) is 15.4. The van der Waals surface area contributed by atoms with Crippen LogP contribution in [0.4, 0.5) is 0 Å². The number of amides is 1. The number of para-hydroxylation sites is 1. The van der Waals surface area contributed by atoms with Crippen molar-refractivity contribution in [1.29, 1.82) is 0 Å². The molecule has 106 valence electrons. The van der Waals surface area contributed by atoms with Crippen molar-refractivity contribution in [2.75, 3.05) is 19.6 Å². The summed E-state index contributed by atoms with van der Waals surface area (Å²) in [5.74, 6) is 0.721. The van der Waals surface area contributed by atoms with Gasteiger partial charge in [0.25, 0.3) is 5.91 Å². The molecule has 2 heterocycles. The Morgan fingerprint density at radius 3 is 3.10 bits per heavy atom. The summed E-state index contributed by atoms with van der Waals surface area (Å²) in [6.45, 7) is 2.98. The van der Waals surface area contributed by atoms with E-state index in [4.69, 9.17) is 0 Å². The highest BCUT2D eigenvalue weighted by molar-refractivity contribution is 6.06. The largest absolute Gasteiger partial charge is 0.360 e. The third-order valence-corrected chi connectivity index (χ3v) is 4.07. The molecule has 0 bridgehead atoms. The second-order valence-electron chi connectivity index (χ2n) is 5.50. The molecule has 1 saturated heterocycles. The quantitative estimate of drug-likeness (QED) is 0.799. The highest BCUT2D eigenvalue weighted by Gasteiger charge is 2.14. The predicted octanol–water partition coefficient (Wildman–Crippen LogP) is 2.29. The summed E-state index contributed by atoms with van der Waals surface area (Å²) in [5, 5.41) is 7.43. The first-order chi connectivity index (χ1) is 9.84. The van der Waals surface area contributed by atoms with Crippen molar-refractivity contribution in [3.63, 3.8) is 0 Å². The molecular formula is C16H21N3O. The van der Waals surface area contributed by atoms with Gasteiger partial charge in [-0.3, -0.25) is 4.79 Å². The number of hydrogen-bond acceptors (Lipinski definition) is 2. The fourth-order valence-corrected chi connectivity index (χ4v) is 2.91. The number of H-pyrrole nitrogens is 1. The third-order valence-electron chi connectivity index (χ3n) is 4.07. The number of carbonyl (C=O) groups is 1. The van der Waals surface area contributed by atoms with Crippen LogP contribution in [0.1, 0.15) is 29.6 Å². The van der Waals surface area contributed by atoms with Crippen LogP contribution in [0.3, 0.4) is 0 Å². The van der Waals surface area contributed by atoms with Gasteiger partial charge in [-0.25, -0.2) is 0 Å².